The standard InChI is InChI=1S/C11H10N2O3/c1-2-16-11(15)10(14)7-3-4-9-8(5-7)6-12-13-9/h3-6H,2H2,1H3,(H,12,13). The molecule has 0 spiro atoms. The smallest absolute Gasteiger partial charge is 0.379 e. The molecule has 1 N–H and O–H groups in total. The number of Topliss-reactive ketones (excluding diaryl/α,β-unsaturated/α-hetero) is 1. The van der Waals surface area contributed by atoms with E-state index in [-0.39, 0.29) is 6.61 Å². The Morgan fingerprint density at radius 1 is 1.44 bits per heavy atom. The van der Waals surface area contributed by atoms with E-state index in [9.17, 15) is 9.59 Å². The van der Waals surface area contributed by atoms with E-state index in [1.54, 1.807) is 31.3 Å². The molecule has 0 aliphatic carbocycles. The molecule has 2 rings (SSSR count). The van der Waals surface area contributed by atoms with Crippen LogP contribution in [0.25, 0.3) is 10.9 Å². The molecule has 0 radical (unpaired) electrons. The molecule has 0 amide bonds. The number of esters is 1. The van der Waals surface area contributed by atoms with Gasteiger partial charge < -0.3 is 4.74 Å². The van der Waals surface area contributed by atoms with Crippen LogP contribution in [0.1, 0.15) is 17.3 Å². The van der Waals surface area contributed by atoms with Gasteiger partial charge >= 0.3 is 5.97 Å². The van der Waals surface area contributed by atoms with Gasteiger partial charge in [0.1, 0.15) is 0 Å². The van der Waals surface area contributed by atoms with Crippen LogP contribution in [0, 0.1) is 0 Å². The second kappa shape index (κ2) is 4.14. The van der Waals surface area contributed by atoms with Gasteiger partial charge in [0.2, 0.25) is 0 Å². The SMILES string of the molecule is CCOC(=O)C(=O)c1ccc2[nH]ncc2c1. The van der Waals surface area contributed by atoms with E-state index in [1.807, 2.05) is 0 Å². The number of hydrogen-bond acceptors (Lipinski definition) is 4. The van der Waals surface area contributed by atoms with Crippen LogP contribution in [0.5, 0.6) is 0 Å². The molecule has 16 heavy (non-hydrogen) atoms. The highest BCUT2D eigenvalue weighted by atomic mass is 16.5. The first-order chi connectivity index (χ1) is 7.72. The molecule has 1 aromatic heterocycles. The number of benzene rings is 1. The molecule has 0 aliphatic rings. The first-order valence-corrected chi connectivity index (χ1v) is 4.87. The van der Waals surface area contributed by atoms with E-state index >= 15 is 0 Å². The van der Waals surface area contributed by atoms with Gasteiger partial charge in [-0.05, 0) is 25.1 Å². The number of aromatic amines is 1. The average Bonchev–Trinajstić information content (AvgIpc) is 2.75. The molecule has 2 aromatic rings. The Bertz CT molecular complexity index is 545. The fraction of sp³-hybridized carbons (Fsp3) is 0.182. The maximum atomic E-state index is 11.6. The summed E-state index contributed by atoms with van der Waals surface area (Å²) in [6.45, 7) is 1.85. The molecular formula is C11H10N2O3. The first kappa shape index (κ1) is 10.4. The summed E-state index contributed by atoms with van der Waals surface area (Å²) in [6, 6.07) is 4.88. The van der Waals surface area contributed by atoms with Crippen LogP contribution in [0.3, 0.4) is 0 Å². The molecule has 0 saturated heterocycles. The van der Waals surface area contributed by atoms with Crippen molar-refractivity contribution in [2.75, 3.05) is 6.61 Å². The lowest BCUT2D eigenvalue weighted by atomic mass is 10.1. The Kier molecular flexibility index (Phi) is 2.68. The summed E-state index contributed by atoms with van der Waals surface area (Å²) in [6.07, 6.45) is 1.59. The highest BCUT2D eigenvalue weighted by molar-refractivity contribution is 6.40. The van der Waals surface area contributed by atoms with E-state index in [2.05, 4.69) is 14.9 Å². The summed E-state index contributed by atoms with van der Waals surface area (Å²) in [5.74, 6) is -1.46. The van der Waals surface area contributed by atoms with Gasteiger partial charge in [0.15, 0.2) is 0 Å². The topological polar surface area (TPSA) is 72.1 Å². The van der Waals surface area contributed by atoms with Crippen LogP contribution in [-0.4, -0.2) is 28.6 Å². The van der Waals surface area contributed by atoms with Crippen molar-refractivity contribution in [1.29, 1.82) is 0 Å². The average molecular weight is 218 g/mol. The summed E-state index contributed by atoms with van der Waals surface area (Å²) in [7, 11) is 0. The predicted octanol–water partition coefficient (Wildman–Crippen LogP) is 1.31. The van der Waals surface area contributed by atoms with Crippen LogP contribution in [-0.2, 0) is 9.53 Å². The van der Waals surface area contributed by atoms with Crippen molar-refractivity contribution < 1.29 is 14.3 Å². The van der Waals surface area contributed by atoms with E-state index in [0.717, 1.165) is 10.9 Å². The second-order valence-corrected chi connectivity index (χ2v) is 3.22. The molecule has 0 fully saturated rings. The maximum absolute atomic E-state index is 11.6. The fourth-order valence-electron chi connectivity index (χ4n) is 1.40. The normalized spacial score (nSPS) is 10.3. The molecular weight excluding hydrogens is 208 g/mol. The van der Waals surface area contributed by atoms with E-state index in [4.69, 9.17) is 0 Å². The van der Waals surface area contributed by atoms with Gasteiger partial charge in [-0.3, -0.25) is 9.89 Å². The number of hydrogen-bond donors (Lipinski definition) is 1. The zero-order chi connectivity index (χ0) is 11.5. The first-order valence-electron chi connectivity index (χ1n) is 4.87. The number of carbonyl (C=O) groups excluding carboxylic acids is 2. The third kappa shape index (κ3) is 1.79. The zero-order valence-electron chi connectivity index (χ0n) is 8.69. The monoisotopic (exact) mass is 218 g/mol. The van der Waals surface area contributed by atoms with Crippen molar-refractivity contribution in [2.24, 2.45) is 0 Å². The van der Waals surface area contributed by atoms with Gasteiger partial charge in [0.25, 0.3) is 5.78 Å². The van der Waals surface area contributed by atoms with Crippen LogP contribution < -0.4 is 0 Å². The second-order valence-electron chi connectivity index (χ2n) is 3.22. The van der Waals surface area contributed by atoms with Gasteiger partial charge in [0, 0.05) is 10.9 Å². The minimum Gasteiger partial charge on any atom is -0.460 e. The summed E-state index contributed by atoms with van der Waals surface area (Å²) in [5, 5.41) is 7.38. The summed E-state index contributed by atoms with van der Waals surface area (Å²) in [5.41, 5.74) is 1.13. The molecule has 1 heterocycles. The van der Waals surface area contributed by atoms with Crippen LogP contribution >= 0.6 is 0 Å². The van der Waals surface area contributed by atoms with Crippen molar-refractivity contribution in [3.05, 3.63) is 30.0 Å². The summed E-state index contributed by atoms with van der Waals surface area (Å²) in [4.78, 5) is 22.8. The number of ketones is 1. The van der Waals surface area contributed by atoms with Crippen molar-refractivity contribution in [3.63, 3.8) is 0 Å². The Balaban J connectivity index is 2.32. The zero-order valence-corrected chi connectivity index (χ0v) is 8.69. The number of aromatic nitrogens is 2. The third-order valence-corrected chi connectivity index (χ3v) is 2.16. The molecule has 1 aromatic carbocycles. The van der Waals surface area contributed by atoms with Gasteiger partial charge in [-0.1, -0.05) is 0 Å². The lowest BCUT2D eigenvalue weighted by molar-refractivity contribution is -0.137. The van der Waals surface area contributed by atoms with Gasteiger partial charge in [-0.2, -0.15) is 5.10 Å². The molecule has 0 aliphatic heterocycles. The fourth-order valence-corrected chi connectivity index (χ4v) is 1.40. The van der Waals surface area contributed by atoms with Crippen molar-refractivity contribution in [2.45, 2.75) is 6.92 Å². The lowest BCUT2D eigenvalue weighted by Gasteiger charge is -2.00. The van der Waals surface area contributed by atoms with Crippen LogP contribution in [0.15, 0.2) is 24.4 Å². The number of H-pyrrole nitrogens is 1. The minimum atomic E-state index is -0.828. The molecule has 5 heteroatoms. The molecule has 0 saturated carbocycles. The Hall–Kier alpha value is -2.17. The summed E-state index contributed by atoms with van der Waals surface area (Å²) < 4.78 is 4.64. The quantitative estimate of drug-likeness (QED) is 0.479. The van der Waals surface area contributed by atoms with E-state index < -0.39 is 11.8 Å². The molecule has 0 unspecified atom stereocenters. The molecule has 82 valence electrons. The number of fused-ring (bicyclic) bond motifs is 1. The number of nitrogens with one attached hydrogen (secondary N) is 1. The van der Waals surface area contributed by atoms with Gasteiger partial charge in [0.05, 0.1) is 18.3 Å². The van der Waals surface area contributed by atoms with Crippen molar-refractivity contribution >= 4 is 22.7 Å². The Morgan fingerprint density at radius 3 is 3.00 bits per heavy atom. The van der Waals surface area contributed by atoms with Crippen LogP contribution in [0.4, 0.5) is 0 Å². The predicted molar refractivity (Wildman–Crippen MR) is 57.1 cm³/mol. The van der Waals surface area contributed by atoms with Crippen molar-refractivity contribution in [1.82, 2.24) is 10.2 Å². The van der Waals surface area contributed by atoms with Gasteiger partial charge in [-0.15, -0.1) is 0 Å². The summed E-state index contributed by atoms with van der Waals surface area (Å²) >= 11 is 0. The van der Waals surface area contributed by atoms with E-state index in [0.29, 0.717) is 5.56 Å². The third-order valence-electron chi connectivity index (χ3n) is 2.16. The lowest BCUT2D eigenvalue weighted by Crippen LogP contribution is -2.17. The Morgan fingerprint density at radius 2 is 2.25 bits per heavy atom. The number of ether oxygens (including phenoxy) is 1. The van der Waals surface area contributed by atoms with Crippen LogP contribution in [0.2, 0.25) is 0 Å². The number of carbonyl (C=O) groups is 2. The minimum absolute atomic E-state index is 0.193. The maximum Gasteiger partial charge on any atom is 0.379 e. The van der Waals surface area contributed by atoms with Gasteiger partial charge in [-0.25, -0.2) is 4.79 Å². The molecule has 0 atom stereocenters. The number of nitrogens with zero attached hydrogens (tertiary/aromatic N) is 1. The van der Waals surface area contributed by atoms with E-state index in [1.165, 1.54) is 0 Å². The van der Waals surface area contributed by atoms with Crippen molar-refractivity contribution in [3.8, 4) is 0 Å². The highest BCUT2D eigenvalue weighted by Gasteiger charge is 2.17. The molecule has 0 bridgehead atoms. The largest absolute Gasteiger partial charge is 0.460 e. The number of rotatable bonds is 3. The Labute approximate surface area is 91.4 Å². The highest BCUT2D eigenvalue weighted by Crippen LogP contribution is 2.13. The molecule has 5 nitrogen and oxygen atoms in total.